The molecular formula is C9H9N3. The summed E-state index contributed by atoms with van der Waals surface area (Å²) in [5.41, 5.74) is 7.38. The molecule has 0 bridgehead atoms. The van der Waals surface area contributed by atoms with Crippen molar-refractivity contribution in [2.24, 2.45) is 5.73 Å². The molecule has 3 nitrogen and oxygen atoms in total. The largest absolute Gasteiger partial charge is 0.325 e. The number of hydrogen-bond donors (Lipinski definition) is 1. The SMILES string of the molecule is NCc1ncnc2ccccc12. The highest BCUT2D eigenvalue weighted by Crippen LogP contribution is 2.12. The molecule has 1 aromatic carbocycles. The Balaban J connectivity index is 2.79. The predicted octanol–water partition coefficient (Wildman–Crippen LogP) is 1.09. The fourth-order valence-electron chi connectivity index (χ4n) is 1.22. The molecule has 0 amide bonds. The van der Waals surface area contributed by atoms with Crippen LogP contribution in [0.1, 0.15) is 5.69 Å². The second-order valence-corrected chi connectivity index (χ2v) is 2.54. The van der Waals surface area contributed by atoms with Crippen LogP contribution in [0.4, 0.5) is 0 Å². The van der Waals surface area contributed by atoms with Gasteiger partial charge in [0.15, 0.2) is 0 Å². The second kappa shape index (κ2) is 2.87. The molecule has 3 heteroatoms. The summed E-state index contributed by atoms with van der Waals surface area (Å²) in [6.45, 7) is 0.461. The van der Waals surface area contributed by atoms with Crippen LogP contribution >= 0.6 is 0 Å². The molecule has 0 radical (unpaired) electrons. The monoisotopic (exact) mass is 159 g/mol. The smallest absolute Gasteiger partial charge is 0.116 e. The van der Waals surface area contributed by atoms with Crippen LogP contribution in [-0.2, 0) is 6.54 Å². The first-order valence-electron chi connectivity index (χ1n) is 3.80. The number of nitrogens with zero attached hydrogens (tertiary/aromatic N) is 2. The van der Waals surface area contributed by atoms with Gasteiger partial charge in [0.05, 0.1) is 11.2 Å². The molecule has 1 heterocycles. The third-order valence-corrected chi connectivity index (χ3v) is 1.82. The van der Waals surface area contributed by atoms with Crippen molar-refractivity contribution in [1.29, 1.82) is 0 Å². The number of benzene rings is 1. The average Bonchev–Trinajstić information content (AvgIpc) is 2.17. The number of rotatable bonds is 1. The van der Waals surface area contributed by atoms with Crippen molar-refractivity contribution < 1.29 is 0 Å². The lowest BCUT2D eigenvalue weighted by molar-refractivity contribution is 0.990. The molecule has 60 valence electrons. The first-order valence-corrected chi connectivity index (χ1v) is 3.80. The maximum absolute atomic E-state index is 5.53. The van der Waals surface area contributed by atoms with Gasteiger partial charge in [0.25, 0.3) is 0 Å². The molecule has 0 spiro atoms. The normalized spacial score (nSPS) is 10.4. The summed E-state index contributed by atoms with van der Waals surface area (Å²) >= 11 is 0. The van der Waals surface area contributed by atoms with Crippen LogP contribution in [0, 0.1) is 0 Å². The molecule has 0 aliphatic rings. The number of para-hydroxylation sites is 1. The van der Waals surface area contributed by atoms with Crippen molar-refractivity contribution >= 4 is 10.9 Å². The van der Waals surface area contributed by atoms with Crippen LogP contribution in [-0.4, -0.2) is 9.97 Å². The Hall–Kier alpha value is -1.48. The molecule has 0 aliphatic carbocycles. The zero-order valence-corrected chi connectivity index (χ0v) is 6.57. The van der Waals surface area contributed by atoms with Gasteiger partial charge in [-0.2, -0.15) is 0 Å². The third-order valence-electron chi connectivity index (χ3n) is 1.82. The van der Waals surface area contributed by atoms with E-state index in [-0.39, 0.29) is 0 Å². The van der Waals surface area contributed by atoms with Crippen LogP contribution in [0.25, 0.3) is 10.9 Å². The van der Waals surface area contributed by atoms with E-state index < -0.39 is 0 Å². The summed E-state index contributed by atoms with van der Waals surface area (Å²) in [5.74, 6) is 0. The Labute approximate surface area is 70.3 Å². The van der Waals surface area contributed by atoms with E-state index >= 15 is 0 Å². The van der Waals surface area contributed by atoms with E-state index in [1.54, 1.807) is 6.33 Å². The highest BCUT2D eigenvalue weighted by molar-refractivity contribution is 5.80. The Bertz CT molecular complexity index is 392. The molecular weight excluding hydrogens is 150 g/mol. The predicted molar refractivity (Wildman–Crippen MR) is 47.4 cm³/mol. The van der Waals surface area contributed by atoms with Gasteiger partial charge in [-0.25, -0.2) is 9.97 Å². The van der Waals surface area contributed by atoms with E-state index in [0.717, 1.165) is 16.6 Å². The van der Waals surface area contributed by atoms with Crippen LogP contribution < -0.4 is 5.73 Å². The lowest BCUT2D eigenvalue weighted by Gasteiger charge is -2.00. The molecule has 1 aromatic heterocycles. The summed E-state index contributed by atoms with van der Waals surface area (Å²) in [7, 11) is 0. The fraction of sp³-hybridized carbons (Fsp3) is 0.111. The van der Waals surface area contributed by atoms with Crippen molar-refractivity contribution in [2.75, 3.05) is 0 Å². The first kappa shape index (κ1) is 7.18. The Morgan fingerprint density at radius 3 is 2.83 bits per heavy atom. The summed E-state index contributed by atoms with van der Waals surface area (Å²) in [5, 5.41) is 1.04. The molecule has 0 atom stereocenters. The summed E-state index contributed by atoms with van der Waals surface area (Å²) in [6.07, 6.45) is 1.55. The maximum atomic E-state index is 5.53. The average molecular weight is 159 g/mol. The summed E-state index contributed by atoms with van der Waals surface area (Å²) in [6, 6.07) is 7.86. The van der Waals surface area contributed by atoms with Gasteiger partial charge < -0.3 is 5.73 Å². The quantitative estimate of drug-likeness (QED) is 0.677. The fourth-order valence-corrected chi connectivity index (χ4v) is 1.22. The van der Waals surface area contributed by atoms with Crippen molar-refractivity contribution in [3.8, 4) is 0 Å². The van der Waals surface area contributed by atoms with Gasteiger partial charge in [0.1, 0.15) is 6.33 Å². The standard InChI is InChI=1S/C9H9N3/c10-5-9-7-3-1-2-4-8(7)11-6-12-9/h1-4,6H,5,10H2. The van der Waals surface area contributed by atoms with E-state index in [1.807, 2.05) is 24.3 Å². The molecule has 0 aliphatic heterocycles. The minimum absolute atomic E-state index is 0.461. The van der Waals surface area contributed by atoms with E-state index in [2.05, 4.69) is 9.97 Å². The number of aromatic nitrogens is 2. The van der Waals surface area contributed by atoms with Crippen molar-refractivity contribution in [2.45, 2.75) is 6.54 Å². The summed E-state index contributed by atoms with van der Waals surface area (Å²) < 4.78 is 0. The maximum Gasteiger partial charge on any atom is 0.116 e. The lowest BCUT2D eigenvalue weighted by atomic mass is 10.2. The molecule has 2 rings (SSSR count). The topological polar surface area (TPSA) is 51.8 Å². The summed E-state index contributed by atoms with van der Waals surface area (Å²) in [4.78, 5) is 8.21. The van der Waals surface area contributed by atoms with Crippen LogP contribution in [0.3, 0.4) is 0 Å². The molecule has 2 aromatic rings. The van der Waals surface area contributed by atoms with Gasteiger partial charge in [0.2, 0.25) is 0 Å². The molecule has 0 saturated carbocycles. The molecule has 0 fully saturated rings. The van der Waals surface area contributed by atoms with Gasteiger partial charge in [-0.1, -0.05) is 18.2 Å². The van der Waals surface area contributed by atoms with Gasteiger partial charge in [-0.15, -0.1) is 0 Å². The molecule has 12 heavy (non-hydrogen) atoms. The zero-order valence-electron chi connectivity index (χ0n) is 6.57. The van der Waals surface area contributed by atoms with E-state index in [1.165, 1.54) is 0 Å². The van der Waals surface area contributed by atoms with Gasteiger partial charge in [-0.3, -0.25) is 0 Å². The molecule has 0 unspecified atom stereocenters. The number of nitrogens with two attached hydrogens (primary N) is 1. The van der Waals surface area contributed by atoms with Gasteiger partial charge >= 0.3 is 0 Å². The highest BCUT2D eigenvalue weighted by atomic mass is 14.8. The Morgan fingerprint density at radius 2 is 2.00 bits per heavy atom. The van der Waals surface area contributed by atoms with Crippen molar-refractivity contribution in [3.05, 3.63) is 36.3 Å². The highest BCUT2D eigenvalue weighted by Gasteiger charge is 1.98. The molecule has 2 N–H and O–H groups in total. The van der Waals surface area contributed by atoms with E-state index in [4.69, 9.17) is 5.73 Å². The number of fused-ring (bicyclic) bond motifs is 1. The van der Waals surface area contributed by atoms with E-state index in [9.17, 15) is 0 Å². The van der Waals surface area contributed by atoms with Crippen LogP contribution in [0.5, 0.6) is 0 Å². The first-order chi connectivity index (χ1) is 5.92. The minimum Gasteiger partial charge on any atom is -0.325 e. The van der Waals surface area contributed by atoms with Crippen molar-refractivity contribution in [1.82, 2.24) is 9.97 Å². The minimum atomic E-state index is 0.461. The molecule has 0 saturated heterocycles. The van der Waals surface area contributed by atoms with Crippen molar-refractivity contribution in [3.63, 3.8) is 0 Å². The Morgan fingerprint density at radius 1 is 1.17 bits per heavy atom. The van der Waals surface area contributed by atoms with Crippen LogP contribution in [0.15, 0.2) is 30.6 Å². The van der Waals surface area contributed by atoms with E-state index in [0.29, 0.717) is 6.54 Å². The second-order valence-electron chi connectivity index (χ2n) is 2.54. The lowest BCUT2D eigenvalue weighted by Crippen LogP contribution is -2.00. The zero-order chi connectivity index (χ0) is 8.39. The Kier molecular flexibility index (Phi) is 1.72. The third kappa shape index (κ3) is 1.04. The van der Waals surface area contributed by atoms with Crippen LogP contribution in [0.2, 0.25) is 0 Å². The van der Waals surface area contributed by atoms with Gasteiger partial charge in [0, 0.05) is 11.9 Å². The number of hydrogen-bond acceptors (Lipinski definition) is 3. The van der Waals surface area contributed by atoms with Gasteiger partial charge in [-0.05, 0) is 6.07 Å².